The third kappa shape index (κ3) is 2.07. The van der Waals surface area contributed by atoms with Gasteiger partial charge in [0.15, 0.2) is 17.9 Å². The standard InChI is InChI=1S/C12H20O6/c1-11(2)14-5-6(16-11)8-7(13)9-10(15-8)18-12(3,4)17-9/h6-10,13H,5H2,1-4H3/t6?,7-,8-,9+,10-/m0/s1. The van der Waals surface area contributed by atoms with E-state index in [1.165, 1.54) is 0 Å². The average molecular weight is 260 g/mol. The van der Waals surface area contributed by atoms with Crippen molar-refractivity contribution in [2.24, 2.45) is 0 Å². The number of rotatable bonds is 1. The smallest absolute Gasteiger partial charge is 0.190 e. The Labute approximate surface area is 106 Å². The summed E-state index contributed by atoms with van der Waals surface area (Å²) in [7, 11) is 0. The van der Waals surface area contributed by atoms with Gasteiger partial charge >= 0.3 is 0 Å². The summed E-state index contributed by atoms with van der Waals surface area (Å²) in [6, 6.07) is 0. The number of hydrogen-bond donors (Lipinski definition) is 1. The molecule has 104 valence electrons. The number of aliphatic hydroxyl groups is 1. The minimum Gasteiger partial charge on any atom is -0.387 e. The summed E-state index contributed by atoms with van der Waals surface area (Å²) in [6.07, 6.45) is -2.53. The fourth-order valence-electron chi connectivity index (χ4n) is 2.70. The van der Waals surface area contributed by atoms with Gasteiger partial charge in [-0.25, -0.2) is 0 Å². The molecule has 0 bridgehead atoms. The van der Waals surface area contributed by atoms with Crippen molar-refractivity contribution in [1.29, 1.82) is 0 Å². The van der Waals surface area contributed by atoms with Crippen LogP contribution in [-0.2, 0) is 23.7 Å². The molecule has 0 spiro atoms. The van der Waals surface area contributed by atoms with Crippen molar-refractivity contribution < 1.29 is 28.8 Å². The van der Waals surface area contributed by atoms with Gasteiger partial charge in [-0.2, -0.15) is 0 Å². The zero-order valence-corrected chi connectivity index (χ0v) is 11.1. The fourth-order valence-corrected chi connectivity index (χ4v) is 2.70. The minimum atomic E-state index is -0.765. The lowest BCUT2D eigenvalue weighted by Gasteiger charge is -2.26. The molecule has 1 N–H and O–H groups in total. The van der Waals surface area contributed by atoms with E-state index in [0.29, 0.717) is 6.61 Å². The van der Waals surface area contributed by atoms with Crippen LogP contribution in [0.25, 0.3) is 0 Å². The van der Waals surface area contributed by atoms with E-state index in [4.69, 9.17) is 23.7 Å². The predicted molar refractivity (Wildman–Crippen MR) is 59.6 cm³/mol. The summed E-state index contributed by atoms with van der Waals surface area (Å²) >= 11 is 0. The maximum atomic E-state index is 10.3. The second-order valence-electron chi connectivity index (χ2n) is 5.93. The van der Waals surface area contributed by atoms with Crippen molar-refractivity contribution in [2.45, 2.75) is 70.0 Å². The third-order valence-electron chi connectivity index (χ3n) is 3.45. The van der Waals surface area contributed by atoms with E-state index in [-0.39, 0.29) is 6.10 Å². The van der Waals surface area contributed by atoms with E-state index in [0.717, 1.165) is 0 Å². The first-order valence-corrected chi connectivity index (χ1v) is 6.28. The molecule has 6 nitrogen and oxygen atoms in total. The zero-order chi connectivity index (χ0) is 13.1. The molecule has 18 heavy (non-hydrogen) atoms. The Morgan fingerprint density at radius 2 is 1.67 bits per heavy atom. The summed E-state index contributed by atoms with van der Waals surface area (Å²) in [5.74, 6) is -1.35. The van der Waals surface area contributed by atoms with Gasteiger partial charge in [-0.15, -0.1) is 0 Å². The van der Waals surface area contributed by atoms with E-state index in [1.54, 1.807) is 13.8 Å². The van der Waals surface area contributed by atoms with Gasteiger partial charge in [-0.3, -0.25) is 0 Å². The quantitative estimate of drug-likeness (QED) is 0.735. The Morgan fingerprint density at radius 3 is 2.22 bits per heavy atom. The Kier molecular flexibility index (Phi) is 2.75. The molecule has 0 aromatic rings. The molecule has 0 saturated carbocycles. The van der Waals surface area contributed by atoms with Crippen LogP contribution < -0.4 is 0 Å². The molecule has 3 aliphatic rings. The van der Waals surface area contributed by atoms with Crippen LogP contribution in [-0.4, -0.2) is 54.0 Å². The highest BCUT2D eigenvalue weighted by atomic mass is 16.8. The lowest BCUT2D eigenvalue weighted by molar-refractivity contribution is -0.232. The summed E-state index contributed by atoms with van der Waals surface area (Å²) < 4.78 is 28.1. The second kappa shape index (κ2) is 3.88. The van der Waals surface area contributed by atoms with Crippen LogP contribution in [0.1, 0.15) is 27.7 Å². The average Bonchev–Trinajstić information content (AvgIpc) is 2.81. The Bertz CT molecular complexity index is 341. The zero-order valence-electron chi connectivity index (χ0n) is 11.1. The number of hydrogen-bond acceptors (Lipinski definition) is 6. The molecular weight excluding hydrogens is 240 g/mol. The lowest BCUT2D eigenvalue weighted by atomic mass is 10.1. The van der Waals surface area contributed by atoms with E-state index in [9.17, 15) is 5.11 Å². The molecule has 0 aromatic heterocycles. The Balaban J connectivity index is 1.68. The predicted octanol–water partition coefficient (Wildman–Crippen LogP) is 0.375. The van der Waals surface area contributed by atoms with Gasteiger partial charge in [0.25, 0.3) is 0 Å². The van der Waals surface area contributed by atoms with E-state index >= 15 is 0 Å². The largest absolute Gasteiger partial charge is 0.387 e. The monoisotopic (exact) mass is 260 g/mol. The van der Waals surface area contributed by atoms with Gasteiger partial charge in [-0.1, -0.05) is 0 Å². The van der Waals surface area contributed by atoms with E-state index < -0.39 is 36.2 Å². The molecular formula is C12H20O6. The van der Waals surface area contributed by atoms with Gasteiger partial charge < -0.3 is 28.8 Å². The first-order chi connectivity index (χ1) is 8.27. The van der Waals surface area contributed by atoms with Crippen LogP contribution in [0.5, 0.6) is 0 Å². The topological polar surface area (TPSA) is 66.4 Å². The molecule has 0 aliphatic carbocycles. The van der Waals surface area contributed by atoms with Crippen molar-refractivity contribution in [1.82, 2.24) is 0 Å². The van der Waals surface area contributed by atoms with Crippen LogP contribution in [0.4, 0.5) is 0 Å². The van der Waals surface area contributed by atoms with Crippen LogP contribution >= 0.6 is 0 Å². The maximum absolute atomic E-state index is 10.3. The Hall–Kier alpha value is -0.240. The molecule has 0 radical (unpaired) electrons. The van der Waals surface area contributed by atoms with Crippen LogP contribution in [0.3, 0.4) is 0 Å². The van der Waals surface area contributed by atoms with E-state index in [1.807, 2.05) is 13.8 Å². The molecule has 0 aromatic carbocycles. The fraction of sp³-hybridized carbons (Fsp3) is 1.00. The van der Waals surface area contributed by atoms with Crippen LogP contribution in [0.2, 0.25) is 0 Å². The van der Waals surface area contributed by atoms with Gasteiger partial charge in [0, 0.05) is 0 Å². The summed E-state index contributed by atoms with van der Waals surface area (Å²) in [4.78, 5) is 0. The molecule has 3 heterocycles. The Morgan fingerprint density at radius 1 is 0.944 bits per heavy atom. The van der Waals surface area contributed by atoms with Crippen molar-refractivity contribution in [3.63, 3.8) is 0 Å². The van der Waals surface area contributed by atoms with Crippen molar-refractivity contribution >= 4 is 0 Å². The molecule has 0 amide bonds. The van der Waals surface area contributed by atoms with Gasteiger partial charge in [0.2, 0.25) is 0 Å². The number of fused-ring (bicyclic) bond motifs is 1. The SMILES string of the molecule is CC1(C)OCC([C@@H]2O[C@H]3OC(C)(C)O[C@@H]3[C@H]2O)O1. The van der Waals surface area contributed by atoms with E-state index in [2.05, 4.69) is 0 Å². The van der Waals surface area contributed by atoms with Crippen molar-refractivity contribution in [2.75, 3.05) is 6.61 Å². The summed E-state index contributed by atoms with van der Waals surface area (Å²) in [6.45, 7) is 7.68. The number of ether oxygens (including phenoxy) is 5. The first-order valence-electron chi connectivity index (χ1n) is 6.28. The first kappa shape index (κ1) is 12.8. The van der Waals surface area contributed by atoms with Crippen molar-refractivity contribution in [3.05, 3.63) is 0 Å². The summed E-state index contributed by atoms with van der Waals surface area (Å²) in [5.41, 5.74) is 0. The minimum absolute atomic E-state index is 0.295. The highest BCUT2D eigenvalue weighted by molar-refractivity contribution is 4.97. The molecule has 3 fully saturated rings. The second-order valence-corrected chi connectivity index (χ2v) is 5.93. The number of aliphatic hydroxyl groups excluding tert-OH is 1. The molecule has 3 rings (SSSR count). The molecule has 3 saturated heterocycles. The van der Waals surface area contributed by atoms with Gasteiger partial charge in [0.1, 0.15) is 24.4 Å². The maximum Gasteiger partial charge on any atom is 0.190 e. The third-order valence-corrected chi connectivity index (χ3v) is 3.45. The van der Waals surface area contributed by atoms with Gasteiger partial charge in [-0.05, 0) is 27.7 Å². The molecule has 5 atom stereocenters. The van der Waals surface area contributed by atoms with Crippen LogP contribution in [0.15, 0.2) is 0 Å². The summed E-state index contributed by atoms with van der Waals surface area (Å²) in [5, 5.41) is 10.3. The van der Waals surface area contributed by atoms with Crippen molar-refractivity contribution in [3.8, 4) is 0 Å². The molecule has 3 aliphatic heterocycles. The molecule has 1 unspecified atom stereocenters. The molecule has 6 heteroatoms. The highest BCUT2D eigenvalue weighted by Gasteiger charge is 2.57. The van der Waals surface area contributed by atoms with Crippen LogP contribution in [0, 0.1) is 0 Å². The highest BCUT2D eigenvalue weighted by Crippen LogP contribution is 2.40. The normalized spacial score (nSPS) is 49.5. The lowest BCUT2D eigenvalue weighted by Crippen LogP contribution is -2.42. The van der Waals surface area contributed by atoms with Gasteiger partial charge in [0.05, 0.1) is 6.61 Å².